The number of nitrogens with one attached hydrogen (secondary N) is 1. The van der Waals surface area contributed by atoms with Crippen LogP contribution < -0.4 is 25.3 Å². The molecule has 8 heteroatoms. The van der Waals surface area contributed by atoms with E-state index >= 15 is 0 Å². The van der Waals surface area contributed by atoms with Gasteiger partial charge in [0.25, 0.3) is 5.91 Å². The highest BCUT2D eigenvalue weighted by atomic mass is 16.5. The Morgan fingerprint density at radius 3 is 2.69 bits per heavy atom. The first kappa shape index (κ1) is 23.1. The molecule has 0 saturated heterocycles. The van der Waals surface area contributed by atoms with Crippen molar-refractivity contribution in [1.82, 2.24) is 10.3 Å². The van der Waals surface area contributed by atoms with E-state index in [2.05, 4.69) is 10.3 Å². The molecule has 0 bridgehead atoms. The number of aliphatic hydroxyl groups is 1. The molecule has 0 aliphatic heterocycles. The van der Waals surface area contributed by atoms with Gasteiger partial charge < -0.3 is 30.4 Å². The third-order valence-corrected chi connectivity index (χ3v) is 5.00. The number of anilines is 1. The molecule has 0 spiro atoms. The van der Waals surface area contributed by atoms with E-state index in [1.807, 2.05) is 38.1 Å². The lowest BCUT2D eigenvalue weighted by atomic mass is 10.1. The lowest BCUT2D eigenvalue weighted by Crippen LogP contribution is -2.38. The summed E-state index contributed by atoms with van der Waals surface area (Å²) < 4.78 is 16.7. The van der Waals surface area contributed by atoms with E-state index in [-0.39, 0.29) is 31.8 Å². The third kappa shape index (κ3) is 5.39. The van der Waals surface area contributed by atoms with Crippen molar-refractivity contribution in [3.63, 3.8) is 0 Å². The number of hydrogen-bond donors (Lipinski definition) is 3. The highest BCUT2D eigenvalue weighted by Gasteiger charge is 2.17. The summed E-state index contributed by atoms with van der Waals surface area (Å²) in [5, 5.41) is 12.7. The van der Waals surface area contributed by atoms with Crippen molar-refractivity contribution in [3.8, 4) is 17.2 Å². The van der Waals surface area contributed by atoms with Crippen LogP contribution in [0.3, 0.4) is 0 Å². The second-order valence-corrected chi connectivity index (χ2v) is 7.33. The number of nitrogens with two attached hydrogens (primary N) is 1. The first-order valence-electron chi connectivity index (χ1n) is 10.5. The van der Waals surface area contributed by atoms with Crippen molar-refractivity contribution in [2.24, 2.45) is 0 Å². The van der Waals surface area contributed by atoms with Gasteiger partial charge in [0.15, 0.2) is 11.5 Å². The predicted octanol–water partition coefficient (Wildman–Crippen LogP) is 3.09. The lowest BCUT2D eigenvalue weighted by Gasteiger charge is -2.19. The van der Waals surface area contributed by atoms with Crippen LogP contribution in [0.4, 0.5) is 5.69 Å². The topological polar surface area (TPSA) is 116 Å². The van der Waals surface area contributed by atoms with E-state index in [4.69, 9.17) is 25.1 Å². The smallest absolute Gasteiger partial charge is 0.251 e. The van der Waals surface area contributed by atoms with Crippen LogP contribution >= 0.6 is 0 Å². The number of fused-ring (bicyclic) bond motifs is 1. The summed E-state index contributed by atoms with van der Waals surface area (Å²) in [6, 6.07) is 12.1. The largest absolute Gasteiger partial charge is 0.493 e. The maximum absolute atomic E-state index is 12.8. The number of nitrogens with zero attached hydrogens (tertiary/aromatic N) is 1. The minimum Gasteiger partial charge on any atom is -0.493 e. The molecule has 3 aromatic rings. The Balaban J connectivity index is 1.70. The summed E-state index contributed by atoms with van der Waals surface area (Å²) in [6.45, 7) is 4.19. The van der Waals surface area contributed by atoms with Crippen LogP contribution in [0.25, 0.3) is 10.9 Å². The molecule has 170 valence electrons. The van der Waals surface area contributed by atoms with Gasteiger partial charge in [0.05, 0.1) is 30.7 Å². The minimum absolute atomic E-state index is 0.110. The summed E-state index contributed by atoms with van der Waals surface area (Å²) >= 11 is 0. The second kappa shape index (κ2) is 10.7. The van der Waals surface area contributed by atoms with E-state index in [1.165, 1.54) is 7.11 Å². The van der Waals surface area contributed by atoms with Gasteiger partial charge >= 0.3 is 0 Å². The van der Waals surface area contributed by atoms with Gasteiger partial charge in [0.1, 0.15) is 19.0 Å². The maximum Gasteiger partial charge on any atom is 0.251 e. The normalized spacial score (nSPS) is 11.8. The number of aliphatic hydroxyl groups excluding tert-OH is 1. The lowest BCUT2D eigenvalue weighted by molar-refractivity contribution is 0.0920. The molecule has 4 N–H and O–H groups in total. The molecule has 0 saturated carbocycles. The fourth-order valence-electron chi connectivity index (χ4n) is 3.35. The number of benzene rings is 2. The molecule has 1 heterocycles. The summed E-state index contributed by atoms with van der Waals surface area (Å²) in [6.07, 6.45) is 0.679. The Bertz CT molecular complexity index is 1090. The van der Waals surface area contributed by atoms with Crippen LogP contribution in [0.1, 0.15) is 29.4 Å². The SMILES string of the molecule is CC[C@@H](COc1cccc2nc(C)cc(N)c12)NC(=O)c1ccc(OCCO)c(OC)c1. The summed E-state index contributed by atoms with van der Waals surface area (Å²) in [7, 11) is 1.50. The van der Waals surface area contributed by atoms with Gasteiger partial charge in [-0.3, -0.25) is 9.78 Å². The first-order chi connectivity index (χ1) is 15.5. The molecule has 32 heavy (non-hydrogen) atoms. The predicted molar refractivity (Wildman–Crippen MR) is 124 cm³/mol. The number of ether oxygens (including phenoxy) is 3. The Kier molecular flexibility index (Phi) is 7.72. The van der Waals surface area contributed by atoms with Gasteiger partial charge in [0.2, 0.25) is 0 Å². The number of nitrogen functional groups attached to an aromatic ring is 1. The fraction of sp³-hybridized carbons (Fsp3) is 0.333. The number of methoxy groups -OCH3 is 1. The van der Waals surface area contributed by atoms with Crippen molar-refractivity contribution in [3.05, 3.63) is 53.7 Å². The molecule has 1 amide bonds. The van der Waals surface area contributed by atoms with Crippen LogP contribution in [0, 0.1) is 6.92 Å². The molecule has 1 aromatic heterocycles. The summed E-state index contributed by atoms with van der Waals surface area (Å²) in [5.74, 6) is 1.27. The molecule has 8 nitrogen and oxygen atoms in total. The molecule has 1 atom stereocenters. The molecular formula is C24H29N3O5. The number of aromatic nitrogens is 1. The Hall–Kier alpha value is -3.52. The Morgan fingerprint density at radius 2 is 1.97 bits per heavy atom. The zero-order valence-corrected chi connectivity index (χ0v) is 18.6. The van der Waals surface area contributed by atoms with Crippen LogP contribution in [-0.4, -0.2) is 49.0 Å². The highest BCUT2D eigenvalue weighted by molar-refractivity contribution is 5.96. The van der Waals surface area contributed by atoms with E-state index in [0.717, 1.165) is 16.6 Å². The van der Waals surface area contributed by atoms with E-state index in [1.54, 1.807) is 18.2 Å². The minimum atomic E-state index is -0.248. The Morgan fingerprint density at radius 1 is 1.16 bits per heavy atom. The Labute approximate surface area is 187 Å². The van der Waals surface area contributed by atoms with Crippen molar-refractivity contribution in [1.29, 1.82) is 0 Å². The van der Waals surface area contributed by atoms with E-state index in [9.17, 15) is 4.79 Å². The number of carbonyl (C=O) groups is 1. The van der Waals surface area contributed by atoms with Crippen molar-refractivity contribution in [2.45, 2.75) is 26.3 Å². The van der Waals surface area contributed by atoms with Gasteiger partial charge in [-0.2, -0.15) is 0 Å². The van der Waals surface area contributed by atoms with E-state index in [0.29, 0.717) is 34.9 Å². The number of aryl methyl sites for hydroxylation is 1. The third-order valence-electron chi connectivity index (χ3n) is 5.00. The molecule has 0 radical (unpaired) electrons. The van der Waals surface area contributed by atoms with Crippen LogP contribution in [0.15, 0.2) is 42.5 Å². The zero-order chi connectivity index (χ0) is 23.1. The summed E-state index contributed by atoms with van der Waals surface area (Å²) in [4.78, 5) is 17.3. The molecular weight excluding hydrogens is 410 g/mol. The van der Waals surface area contributed by atoms with Gasteiger partial charge in [-0.1, -0.05) is 13.0 Å². The number of carbonyl (C=O) groups excluding carboxylic acids is 1. The monoisotopic (exact) mass is 439 g/mol. The van der Waals surface area contributed by atoms with Gasteiger partial charge in [-0.25, -0.2) is 0 Å². The number of rotatable bonds is 10. The molecule has 0 unspecified atom stereocenters. The maximum atomic E-state index is 12.8. The first-order valence-corrected chi connectivity index (χ1v) is 10.5. The number of hydrogen-bond acceptors (Lipinski definition) is 7. The van der Waals surface area contributed by atoms with Crippen LogP contribution in [0.5, 0.6) is 17.2 Å². The second-order valence-electron chi connectivity index (χ2n) is 7.33. The molecule has 2 aromatic carbocycles. The number of amides is 1. The zero-order valence-electron chi connectivity index (χ0n) is 18.6. The van der Waals surface area contributed by atoms with Crippen molar-refractivity contribution < 1.29 is 24.1 Å². The van der Waals surface area contributed by atoms with Crippen molar-refractivity contribution >= 4 is 22.5 Å². The van der Waals surface area contributed by atoms with E-state index < -0.39 is 0 Å². The molecule has 0 fully saturated rings. The average molecular weight is 440 g/mol. The van der Waals surface area contributed by atoms with Gasteiger partial charge in [0, 0.05) is 16.9 Å². The van der Waals surface area contributed by atoms with Crippen molar-refractivity contribution in [2.75, 3.05) is 32.7 Å². The molecule has 0 aliphatic carbocycles. The van der Waals surface area contributed by atoms with Gasteiger partial charge in [-0.05, 0) is 49.7 Å². The highest BCUT2D eigenvalue weighted by Crippen LogP contribution is 2.31. The molecule has 0 aliphatic rings. The van der Waals surface area contributed by atoms with Crippen LogP contribution in [0.2, 0.25) is 0 Å². The number of pyridine rings is 1. The standard InChI is InChI=1S/C24H29N3O5/c1-4-17(14-32-21-7-5-6-19-23(21)18(25)12-15(2)26-19)27-24(29)16-8-9-20(31-11-10-28)22(13-16)30-3/h5-9,12-13,17,28H,4,10-11,14H2,1-3H3,(H2,25,26)(H,27,29)/t17-/m0/s1. The molecule has 3 rings (SSSR count). The quantitative estimate of drug-likeness (QED) is 0.444. The fourth-order valence-corrected chi connectivity index (χ4v) is 3.35. The van der Waals surface area contributed by atoms with Crippen LogP contribution in [-0.2, 0) is 0 Å². The average Bonchev–Trinajstić information content (AvgIpc) is 2.79. The summed E-state index contributed by atoms with van der Waals surface area (Å²) in [5.41, 5.74) is 8.85. The van der Waals surface area contributed by atoms with Gasteiger partial charge in [-0.15, -0.1) is 0 Å².